The van der Waals surface area contributed by atoms with Gasteiger partial charge in [0.25, 0.3) is 5.91 Å². The Morgan fingerprint density at radius 1 is 1.09 bits per heavy atom. The van der Waals surface area contributed by atoms with Crippen molar-refractivity contribution in [3.8, 4) is 5.75 Å². The van der Waals surface area contributed by atoms with E-state index in [1.165, 1.54) is 11.3 Å². The molecular formula is C27H39NO6S. The second-order valence-corrected chi connectivity index (χ2v) is 11.2. The quantitative estimate of drug-likeness (QED) is 0.359. The SMILES string of the molecule is CCC(CC)(c1ccc(OC[C@@H](O)C(C)(C)C)c(C)c1)c1cc(C)c(C(=O)NC(CO)C(=O)O)s1. The molecule has 0 fully saturated rings. The van der Waals surface area contributed by atoms with Crippen LogP contribution >= 0.6 is 11.3 Å². The predicted molar refractivity (Wildman–Crippen MR) is 139 cm³/mol. The van der Waals surface area contributed by atoms with Crippen LogP contribution in [0.5, 0.6) is 5.75 Å². The van der Waals surface area contributed by atoms with Crippen LogP contribution < -0.4 is 10.1 Å². The maximum atomic E-state index is 12.8. The Kier molecular flexibility index (Phi) is 9.50. The van der Waals surface area contributed by atoms with Crippen molar-refractivity contribution in [1.82, 2.24) is 5.32 Å². The number of thiophene rings is 1. The first-order chi connectivity index (χ1) is 16.3. The van der Waals surface area contributed by atoms with E-state index in [2.05, 4.69) is 25.2 Å². The molecule has 4 N–H and O–H groups in total. The van der Waals surface area contributed by atoms with Gasteiger partial charge in [0, 0.05) is 10.3 Å². The summed E-state index contributed by atoms with van der Waals surface area (Å²) in [6.07, 6.45) is 1.03. The summed E-state index contributed by atoms with van der Waals surface area (Å²) >= 11 is 1.36. The van der Waals surface area contributed by atoms with Crippen LogP contribution in [-0.4, -0.2) is 52.6 Å². The fourth-order valence-electron chi connectivity index (χ4n) is 4.03. The zero-order valence-corrected chi connectivity index (χ0v) is 22.6. The highest BCUT2D eigenvalue weighted by atomic mass is 32.1. The number of carboxylic acids is 1. The van der Waals surface area contributed by atoms with E-state index in [4.69, 9.17) is 9.84 Å². The zero-order chi connectivity index (χ0) is 26.6. The van der Waals surface area contributed by atoms with Crippen molar-refractivity contribution in [2.45, 2.75) is 78.9 Å². The number of carbonyl (C=O) groups excluding carboxylic acids is 1. The Labute approximate surface area is 212 Å². The largest absolute Gasteiger partial charge is 0.491 e. The molecule has 1 heterocycles. The number of hydrogen-bond donors (Lipinski definition) is 4. The number of aliphatic hydroxyl groups excluding tert-OH is 2. The molecule has 0 saturated heterocycles. The molecule has 2 aromatic rings. The maximum absolute atomic E-state index is 12.8. The highest BCUT2D eigenvalue weighted by Gasteiger charge is 2.34. The van der Waals surface area contributed by atoms with Gasteiger partial charge in [-0.05, 0) is 60.9 Å². The highest BCUT2D eigenvalue weighted by Crippen LogP contribution is 2.44. The molecule has 35 heavy (non-hydrogen) atoms. The van der Waals surface area contributed by atoms with Crippen LogP contribution in [-0.2, 0) is 10.2 Å². The molecule has 0 spiro atoms. The van der Waals surface area contributed by atoms with E-state index in [0.29, 0.717) is 4.88 Å². The summed E-state index contributed by atoms with van der Waals surface area (Å²) in [5.41, 5.74) is 2.24. The third kappa shape index (κ3) is 6.42. The minimum atomic E-state index is -1.35. The highest BCUT2D eigenvalue weighted by molar-refractivity contribution is 7.14. The predicted octanol–water partition coefficient (Wildman–Crippen LogP) is 4.43. The minimum Gasteiger partial charge on any atom is -0.491 e. The van der Waals surface area contributed by atoms with E-state index < -0.39 is 30.6 Å². The molecule has 8 heteroatoms. The molecule has 0 aliphatic heterocycles. The van der Waals surface area contributed by atoms with Crippen molar-refractivity contribution in [3.63, 3.8) is 0 Å². The van der Waals surface area contributed by atoms with Crippen LogP contribution in [0.25, 0.3) is 0 Å². The Balaban J connectivity index is 2.38. The van der Waals surface area contributed by atoms with Crippen LogP contribution in [0.15, 0.2) is 24.3 Å². The van der Waals surface area contributed by atoms with Gasteiger partial charge in [0.2, 0.25) is 0 Å². The summed E-state index contributed by atoms with van der Waals surface area (Å²) in [6, 6.07) is 6.74. The van der Waals surface area contributed by atoms with Crippen LogP contribution in [0.2, 0.25) is 0 Å². The number of rotatable bonds is 11. The fourth-order valence-corrected chi connectivity index (χ4v) is 5.46. The number of amides is 1. The second-order valence-electron chi connectivity index (χ2n) is 10.1. The van der Waals surface area contributed by atoms with Gasteiger partial charge in [0.05, 0.1) is 17.6 Å². The van der Waals surface area contributed by atoms with E-state index in [1.807, 2.05) is 52.8 Å². The normalized spacial score (nSPS) is 13.9. The van der Waals surface area contributed by atoms with Crippen molar-refractivity contribution in [3.05, 3.63) is 50.7 Å². The molecule has 0 aliphatic carbocycles. The molecular weight excluding hydrogens is 466 g/mol. The van der Waals surface area contributed by atoms with Gasteiger partial charge in [-0.1, -0.05) is 46.8 Å². The Morgan fingerprint density at radius 3 is 2.20 bits per heavy atom. The van der Waals surface area contributed by atoms with Crippen LogP contribution in [0.1, 0.15) is 78.7 Å². The number of benzene rings is 1. The molecule has 0 saturated carbocycles. The van der Waals surface area contributed by atoms with E-state index in [0.717, 1.165) is 40.2 Å². The number of ether oxygens (including phenoxy) is 1. The average molecular weight is 506 g/mol. The summed E-state index contributed by atoms with van der Waals surface area (Å²) in [6.45, 7) is 13.5. The van der Waals surface area contributed by atoms with Gasteiger partial charge in [-0.3, -0.25) is 4.79 Å². The maximum Gasteiger partial charge on any atom is 0.328 e. The van der Waals surface area contributed by atoms with Crippen molar-refractivity contribution >= 4 is 23.2 Å². The summed E-state index contributed by atoms with van der Waals surface area (Å²) in [7, 11) is 0. The first-order valence-corrected chi connectivity index (χ1v) is 12.8. The molecule has 1 amide bonds. The van der Waals surface area contributed by atoms with Gasteiger partial charge in [0.1, 0.15) is 12.4 Å². The summed E-state index contributed by atoms with van der Waals surface area (Å²) < 4.78 is 5.92. The number of carboxylic acid groups (broad SMARTS) is 1. The second kappa shape index (κ2) is 11.5. The van der Waals surface area contributed by atoms with Crippen LogP contribution in [0.4, 0.5) is 0 Å². The molecule has 0 radical (unpaired) electrons. The lowest BCUT2D eigenvalue weighted by molar-refractivity contribution is -0.140. The van der Waals surface area contributed by atoms with Gasteiger partial charge >= 0.3 is 5.97 Å². The Morgan fingerprint density at radius 2 is 1.71 bits per heavy atom. The topological polar surface area (TPSA) is 116 Å². The lowest BCUT2D eigenvalue weighted by atomic mass is 9.74. The fraction of sp³-hybridized carbons (Fsp3) is 0.556. The summed E-state index contributed by atoms with van der Waals surface area (Å²) in [5, 5.41) is 31.1. The molecule has 2 rings (SSSR count). The summed E-state index contributed by atoms with van der Waals surface area (Å²) in [5.74, 6) is -1.05. The first kappa shape index (κ1) is 28.8. The molecule has 2 atom stereocenters. The van der Waals surface area contributed by atoms with Gasteiger partial charge in [-0.2, -0.15) is 0 Å². The average Bonchev–Trinajstić information content (AvgIpc) is 3.18. The Bertz CT molecular complexity index is 1030. The number of aliphatic hydroxyl groups is 2. The number of aryl methyl sites for hydroxylation is 2. The smallest absolute Gasteiger partial charge is 0.328 e. The molecule has 1 unspecified atom stereocenters. The van der Waals surface area contributed by atoms with Crippen LogP contribution in [0.3, 0.4) is 0 Å². The monoisotopic (exact) mass is 505 g/mol. The molecule has 1 aromatic carbocycles. The van der Waals surface area contributed by atoms with Crippen molar-refractivity contribution in [2.75, 3.05) is 13.2 Å². The van der Waals surface area contributed by atoms with Crippen molar-refractivity contribution in [1.29, 1.82) is 0 Å². The third-order valence-electron chi connectivity index (χ3n) is 6.71. The number of aliphatic carboxylic acids is 1. The van der Waals surface area contributed by atoms with Crippen molar-refractivity contribution in [2.24, 2.45) is 5.41 Å². The van der Waals surface area contributed by atoms with Gasteiger partial charge in [-0.15, -0.1) is 11.3 Å². The van der Waals surface area contributed by atoms with Crippen molar-refractivity contribution < 1.29 is 29.6 Å². The minimum absolute atomic E-state index is 0.212. The van der Waals surface area contributed by atoms with Gasteiger partial charge in [-0.25, -0.2) is 4.79 Å². The van der Waals surface area contributed by atoms with E-state index in [9.17, 15) is 19.8 Å². The molecule has 1 aromatic heterocycles. The standard InChI is InChI=1S/C27H39NO6S/c1-8-27(9-2,18-10-11-20(16(3)12-18)34-15-21(30)26(5,6)7)22-13-17(4)23(35-22)24(31)28-19(14-29)25(32)33/h10-13,19,21,29-30H,8-9,14-15H2,1-7H3,(H,28,31)(H,32,33)/t19?,21-/m1/s1. The zero-order valence-electron chi connectivity index (χ0n) is 21.8. The number of hydrogen-bond acceptors (Lipinski definition) is 6. The lowest BCUT2D eigenvalue weighted by Gasteiger charge is -2.32. The van der Waals surface area contributed by atoms with Crippen LogP contribution in [0, 0.1) is 19.3 Å². The summed E-state index contributed by atoms with van der Waals surface area (Å²) in [4.78, 5) is 25.5. The Hall–Kier alpha value is -2.42. The third-order valence-corrected chi connectivity index (χ3v) is 8.15. The molecule has 194 valence electrons. The van der Waals surface area contributed by atoms with E-state index in [-0.39, 0.29) is 17.4 Å². The van der Waals surface area contributed by atoms with Gasteiger partial charge < -0.3 is 25.4 Å². The van der Waals surface area contributed by atoms with E-state index in [1.54, 1.807) is 0 Å². The number of nitrogens with one attached hydrogen (secondary N) is 1. The number of carbonyl (C=O) groups is 2. The van der Waals surface area contributed by atoms with E-state index >= 15 is 0 Å². The lowest BCUT2D eigenvalue weighted by Crippen LogP contribution is -2.43. The molecule has 0 aliphatic rings. The first-order valence-electron chi connectivity index (χ1n) is 12.0. The molecule has 0 bridgehead atoms. The van der Waals surface area contributed by atoms with Gasteiger partial charge in [0.15, 0.2) is 6.04 Å². The molecule has 7 nitrogen and oxygen atoms in total.